The van der Waals surface area contributed by atoms with E-state index in [4.69, 9.17) is 27.9 Å². The van der Waals surface area contributed by atoms with Crippen LogP contribution in [0.15, 0.2) is 23.1 Å². The standard InChI is InChI=1S/C19H26Cl2N2O5S/c1-19(2,25)17-15-5-4-6-16(18(24)22(17)7-8-28-3)23(15)29(26,27)14-10-12(20)9-13(21)11-14/h9-11,15-17,25H,4-8H2,1-3H3/t15-,16?,17?/m0/s1. The summed E-state index contributed by atoms with van der Waals surface area (Å²) in [5, 5.41) is 11.3. The number of piperazine rings is 1. The van der Waals surface area contributed by atoms with Gasteiger partial charge in [0.05, 0.1) is 23.1 Å². The third kappa shape index (κ3) is 4.29. The van der Waals surface area contributed by atoms with Crippen molar-refractivity contribution < 1.29 is 23.1 Å². The lowest BCUT2D eigenvalue weighted by Gasteiger charge is -2.55. The molecule has 2 aliphatic rings. The Bertz CT molecular complexity index is 867. The Kier molecular flexibility index (Phi) is 6.54. The number of carbonyl (C=O) groups excluding carboxylic acids is 1. The van der Waals surface area contributed by atoms with Crippen LogP contribution in [-0.2, 0) is 19.6 Å². The van der Waals surface area contributed by atoms with Crippen LogP contribution in [0, 0.1) is 0 Å². The van der Waals surface area contributed by atoms with Crippen molar-refractivity contribution in [1.82, 2.24) is 9.21 Å². The lowest BCUT2D eigenvalue weighted by molar-refractivity contribution is -0.162. The predicted octanol–water partition coefficient (Wildman–Crippen LogP) is 2.53. The molecule has 1 N–H and O–H groups in total. The molecule has 7 nitrogen and oxygen atoms in total. The summed E-state index contributed by atoms with van der Waals surface area (Å²) in [6, 6.07) is 2.03. The number of amides is 1. The zero-order valence-electron chi connectivity index (χ0n) is 16.6. The van der Waals surface area contributed by atoms with E-state index >= 15 is 0 Å². The molecule has 2 heterocycles. The number of ether oxygens (including phenoxy) is 1. The van der Waals surface area contributed by atoms with E-state index in [2.05, 4.69) is 0 Å². The first kappa shape index (κ1) is 22.8. The first-order valence-corrected chi connectivity index (χ1v) is 11.7. The number of halogens is 2. The summed E-state index contributed by atoms with van der Waals surface area (Å²) < 4.78 is 33.6. The second-order valence-electron chi connectivity index (χ2n) is 8.08. The molecule has 2 fully saturated rings. The van der Waals surface area contributed by atoms with E-state index < -0.39 is 33.7 Å². The fourth-order valence-electron chi connectivity index (χ4n) is 4.51. The molecule has 1 amide bonds. The maximum Gasteiger partial charge on any atom is 0.244 e. The minimum atomic E-state index is -4.06. The van der Waals surface area contributed by atoms with Gasteiger partial charge in [0.25, 0.3) is 0 Å². The Morgan fingerprint density at radius 1 is 1.21 bits per heavy atom. The van der Waals surface area contributed by atoms with Crippen molar-refractivity contribution in [2.24, 2.45) is 0 Å². The van der Waals surface area contributed by atoms with Crippen LogP contribution >= 0.6 is 23.2 Å². The molecule has 2 unspecified atom stereocenters. The maximum absolute atomic E-state index is 13.6. The van der Waals surface area contributed by atoms with Crippen molar-refractivity contribution >= 4 is 39.1 Å². The fourth-order valence-corrected chi connectivity index (χ4v) is 7.07. The van der Waals surface area contributed by atoms with Gasteiger partial charge in [-0.25, -0.2) is 8.42 Å². The second-order valence-corrected chi connectivity index (χ2v) is 10.8. The molecule has 0 saturated carbocycles. The van der Waals surface area contributed by atoms with Gasteiger partial charge in [0, 0.05) is 29.7 Å². The van der Waals surface area contributed by atoms with Gasteiger partial charge in [-0.3, -0.25) is 4.79 Å². The van der Waals surface area contributed by atoms with E-state index in [0.29, 0.717) is 25.9 Å². The highest BCUT2D eigenvalue weighted by Gasteiger charge is 2.56. The van der Waals surface area contributed by atoms with E-state index in [9.17, 15) is 18.3 Å². The van der Waals surface area contributed by atoms with Gasteiger partial charge in [0.15, 0.2) is 0 Å². The summed E-state index contributed by atoms with van der Waals surface area (Å²) in [4.78, 5) is 14.8. The Hall–Kier alpha value is -0.900. The number of likely N-dealkylation sites (tertiary alicyclic amines) is 1. The molecule has 2 saturated heterocycles. The molecule has 0 radical (unpaired) electrons. The molecule has 0 aromatic heterocycles. The van der Waals surface area contributed by atoms with Gasteiger partial charge in [-0.15, -0.1) is 0 Å². The van der Waals surface area contributed by atoms with Crippen LogP contribution in [-0.4, -0.2) is 72.6 Å². The number of sulfonamides is 1. The number of benzene rings is 1. The molecule has 1 aromatic carbocycles. The van der Waals surface area contributed by atoms with Crippen molar-refractivity contribution in [2.75, 3.05) is 20.3 Å². The van der Waals surface area contributed by atoms with Gasteiger partial charge in [-0.1, -0.05) is 23.2 Å². The molecular formula is C19H26Cl2N2O5S. The number of nitrogens with zero attached hydrogens (tertiary/aromatic N) is 2. The Labute approximate surface area is 181 Å². The van der Waals surface area contributed by atoms with Crippen molar-refractivity contribution in [3.8, 4) is 0 Å². The minimum absolute atomic E-state index is 0.0560. The number of aliphatic hydroxyl groups is 1. The summed E-state index contributed by atoms with van der Waals surface area (Å²) >= 11 is 12.1. The molecule has 0 spiro atoms. The zero-order valence-corrected chi connectivity index (χ0v) is 19.0. The topological polar surface area (TPSA) is 87.2 Å². The number of carbonyl (C=O) groups is 1. The number of piperidine rings is 1. The number of hydrogen-bond acceptors (Lipinski definition) is 5. The Morgan fingerprint density at radius 2 is 1.83 bits per heavy atom. The smallest absolute Gasteiger partial charge is 0.244 e. The third-order valence-corrected chi connectivity index (χ3v) is 7.90. The molecule has 3 atom stereocenters. The zero-order chi connectivity index (χ0) is 21.6. The molecule has 10 heteroatoms. The lowest BCUT2D eigenvalue weighted by Crippen LogP contribution is -2.73. The van der Waals surface area contributed by atoms with Gasteiger partial charge >= 0.3 is 0 Å². The number of rotatable bonds is 6. The molecule has 29 heavy (non-hydrogen) atoms. The van der Waals surface area contributed by atoms with Crippen LogP contribution in [0.3, 0.4) is 0 Å². The average molecular weight is 465 g/mol. The van der Waals surface area contributed by atoms with Gasteiger partial charge in [-0.05, 0) is 51.3 Å². The highest BCUT2D eigenvalue weighted by Crippen LogP contribution is 2.41. The maximum atomic E-state index is 13.6. The van der Waals surface area contributed by atoms with E-state index in [0.717, 1.165) is 0 Å². The third-order valence-electron chi connectivity index (χ3n) is 5.55. The predicted molar refractivity (Wildman–Crippen MR) is 111 cm³/mol. The molecule has 0 aliphatic carbocycles. The van der Waals surface area contributed by atoms with Crippen LogP contribution in [0.4, 0.5) is 0 Å². The molecule has 162 valence electrons. The van der Waals surface area contributed by atoms with Crippen molar-refractivity contribution in [2.45, 2.75) is 61.7 Å². The normalized spacial score (nSPS) is 26.1. The van der Waals surface area contributed by atoms with Crippen molar-refractivity contribution in [3.05, 3.63) is 28.2 Å². The summed E-state index contributed by atoms with van der Waals surface area (Å²) in [5.74, 6) is -0.318. The summed E-state index contributed by atoms with van der Waals surface area (Å²) in [7, 11) is -2.53. The summed E-state index contributed by atoms with van der Waals surface area (Å²) in [6.07, 6.45) is 1.66. The molecular weight excluding hydrogens is 439 g/mol. The molecule has 2 aliphatic heterocycles. The number of fused-ring (bicyclic) bond motifs is 2. The van der Waals surface area contributed by atoms with Gasteiger partial charge in [0.2, 0.25) is 15.9 Å². The van der Waals surface area contributed by atoms with Crippen molar-refractivity contribution in [3.63, 3.8) is 0 Å². The molecule has 1 aromatic rings. The number of hydrogen-bond donors (Lipinski definition) is 1. The van der Waals surface area contributed by atoms with Crippen LogP contribution in [0.1, 0.15) is 33.1 Å². The van der Waals surface area contributed by atoms with E-state index in [1.807, 2.05) is 0 Å². The average Bonchev–Trinajstić information content (AvgIpc) is 2.61. The van der Waals surface area contributed by atoms with Crippen molar-refractivity contribution in [1.29, 1.82) is 0 Å². The summed E-state index contributed by atoms with van der Waals surface area (Å²) in [6.45, 7) is 3.78. The van der Waals surface area contributed by atoms with E-state index in [-0.39, 0.29) is 27.4 Å². The number of methoxy groups -OCH3 is 1. The van der Waals surface area contributed by atoms with Gasteiger partial charge in [0.1, 0.15) is 6.04 Å². The first-order valence-electron chi connectivity index (χ1n) is 9.50. The monoisotopic (exact) mass is 464 g/mol. The molecule has 3 rings (SSSR count). The first-order chi connectivity index (χ1) is 13.5. The fraction of sp³-hybridized carbons (Fsp3) is 0.632. The van der Waals surface area contributed by atoms with Crippen LogP contribution in [0.5, 0.6) is 0 Å². The van der Waals surface area contributed by atoms with Gasteiger partial charge < -0.3 is 14.7 Å². The quantitative estimate of drug-likeness (QED) is 0.698. The Morgan fingerprint density at radius 3 is 2.38 bits per heavy atom. The highest BCUT2D eigenvalue weighted by molar-refractivity contribution is 7.89. The lowest BCUT2D eigenvalue weighted by atomic mass is 9.80. The van der Waals surface area contributed by atoms with Crippen LogP contribution in [0.2, 0.25) is 10.0 Å². The Balaban J connectivity index is 2.11. The van der Waals surface area contributed by atoms with Crippen LogP contribution in [0.25, 0.3) is 0 Å². The highest BCUT2D eigenvalue weighted by atomic mass is 35.5. The second kappa shape index (κ2) is 8.32. The van der Waals surface area contributed by atoms with E-state index in [1.54, 1.807) is 18.7 Å². The summed E-state index contributed by atoms with van der Waals surface area (Å²) in [5.41, 5.74) is -1.31. The molecule has 2 bridgehead atoms. The SMILES string of the molecule is COCCN1C(=O)C2CCC[C@@H](C1C(C)(C)O)N2S(=O)(=O)c1cc(Cl)cc(Cl)c1. The van der Waals surface area contributed by atoms with E-state index in [1.165, 1.54) is 29.6 Å². The van der Waals surface area contributed by atoms with Crippen LogP contribution < -0.4 is 0 Å². The van der Waals surface area contributed by atoms with Gasteiger partial charge in [-0.2, -0.15) is 4.31 Å². The largest absolute Gasteiger partial charge is 0.388 e. The minimum Gasteiger partial charge on any atom is -0.388 e.